The molecular formula is C29H32N6O6S. The molecule has 4 aromatic rings. The van der Waals surface area contributed by atoms with Crippen molar-refractivity contribution in [2.75, 3.05) is 24.9 Å². The van der Waals surface area contributed by atoms with Gasteiger partial charge in [0.25, 0.3) is 10.0 Å². The Bertz CT molecular complexity index is 1720. The molecular weight excluding hydrogens is 560 g/mol. The van der Waals surface area contributed by atoms with E-state index in [4.69, 9.17) is 9.47 Å². The molecule has 0 aliphatic carbocycles. The molecule has 0 saturated carbocycles. The number of carbonyl (C=O) groups is 1. The monoisotopic (exact) mass is 592 g/mol. The summed E-state index contributed by atoms with van der Waals surface area (Å²) in [4.78, 5) is 23.6. The summed E-state index contributed by atoms with van der Waals surface area (Å²) in [6.45, 7) is 4.74. The first-order valence-electron chi connectivity index (χ1n) is 13.3. The second-order valence-electron chi connectivity index (χ2n) is 10.2. The van der Waals surface area contributed by atoms with Crippen LogP contribution in [0.15, 0.2) is 59.8 Å². The number of rotatable bonds is 9. The summed E-state index contributed by atoms with van der Waals surface area (Å²) >= 11 is 0. The first-order valence-corrected chi connectivity index (χ1v) is 14.8. The lowest BCUT2D eigenvalue weighted by Gasteiger charge is -2.18. The van der Waals surface area contributed by atoms with Gasteiger partial charge in [0.2, 0.25) is 17.7 Å². The van der Waals surface area contributed by atoms with Crippen LogP contribution in [0.25, 0.3) is 11.3 Å². The quantitative estimate of drug-likeness (QED) is 0.299. The van der Waals surface area contributed by atoms with Crippen molar-refractivity contribution in [1.82, 2.24) is 24.6 Å². The maximum absolute atomic E-state index is 13.0. The zero-order chi connectivity index (χ0) is 30.0. The van der Waals surface area contributed by atoms with E-state index in [9.17, 15) is 18.3 Å². The number of phenolic OH excluding ortho intramolecular Hbond substituents is 1. The first-order chi connectivity index (χ1) is 20.0. The molecule has 1 atom stereocenters. The number of benzene rings is 2. The Morgan fingerprint density at radius 2 is 1.90 bits per heavy atom. The van der Waals surface area contributed by atoms with Crippen molar-refractivity contribution in [3.8, 4) is 28.6 Å². The average molecular weight is 593 g/mol. The predicted octanol–water partition coefficient (Wildman–Crippen LogP) is 3.23. The van der Waals surface area contributed by atoms with Crippen LogP contribution in [-0.4, -0.2) is 70.4 Å². The molecule has 5 rings (SSSR count). The van der Waals surface area contributed by atoms with E-state index in [1.807, 2.05) is 32.0 Å². The normalized spacial score (nSPS) is 15.0. The number of aromatic nitrogens is 4. The maximum Gasteiger partial charge on any atom is 0.267 e. The number of nitrogens with one attached hydrogen (secondary N) is 1. The van der Waals surface area contributed by atoms with Crippen molar-refractivity contribution >= 4 is 21.9 Å². The molecule has 42 heavy (non-hydrogen) atoms. The van der Waals surface area contributed by atoms with Crippen LogP contribution >= 0.6 is 0 Å². The van der Waals surface area contributed by atoms with Gasteiger partial charge in [-0.1, -0.05) is 24.3 Å². The molecule has 0 radical (unpaired) electrons. The number of hydrogen-bond donors (Lipinski definition) is 2. The average Bonchev–Trinajstić information content (AvgIpc) is 3.59. The van der Waals surface area contributed by atoms with Crippen LogP contribution in [-0.2, 0) is 28.3 Å². The highest BCUT2D eigenvalue weighted by Gasteiger charge is 2.29. The van der Waals surface area contributed by atoms with Crippen molar-refractivity contribution in [1.29, 1.82) is 0 Å². The molecule has 1 amide bonds. The van der Waals surface area contributed by atoms with Gasteiger partial charge in [0, 0.05) is 37.8 Å². The highest BCUT2D eigenvalue weighted by atomic mass is 32.2. The summed E-state index contributed by atoms with van der Waals surface area (Å²) in [5.41, 5.74) is 4.00. The van der Waals surface area contributed by atoms with Crippen LogP contribution in [0.4, 0.5) is 5.95 Å². The Labute approximate surface area is 244 Å². The van der Waals surface area contributed by atoms with Gasteiger partial charge in [0.05, 0.1) is 32.0 Å². The summed E-state index contributed by atoms with van der Waals surface area (Å²) in [7, 11) is -0.924. The molecule has 2 aromatic carbocycles. The van der Waals surface area contributed by atoms with E-state index < -0.39 is 10.0 Å². The molecule has 1 unspecified atom stereocenters. The largest absolute Gasteiger partial charge is 0.504 e. The van der Waals surface area contributed by atoms with E-state index in [2.05, 4.69) is 19.8 Å². The molecule has 1 saturated heterocycles. The predicted molar refractivity (Wildman–Crippen MR) is 155 cm³/mol. The van der Waals surface area contributed by atoms with Crippen molar-refractivity contribution in [2.45, 2.75) is 37.7 Å². The van der Waals surface area contributed by atoms with Gasteiger partial charge < -0.3 is 19.5 Å². The van der Waals surface area contributed by atoms with Gasteiger partial charge in [-0.3, -0.25) is 9.48 Å². The number of aryl methyl sites for hydroxylation is 3. The van der Waals surface area contributed by atoms with Crippen LogP contribution in [0, 0.1) is 13.8 Å². The summed E-state index contributed by atoms with van der Waals surface area (Å²) in [6, 6.07) is 12.4. The summed E-state index contributed by atoms with van der Waals surface area (Å²) < 4.78 is 41.3. The second kappa shape index (κ2) is 11.7. The van der Waals surface area contributed by atoms with Gasteiger partial charge in [0.1, 0.15) is 11.0 Å². The molecule has 0 bridgehead atoms. The number of anilines is 1. The van der Waals surface area contributed by atoms with Gasteiger partial charge in [-0.05, 0) is 42.7 Å². The Morgan fingerprint density at radius 3 is 2.60 bits per heavy atom. The summed E-state index contributed by atoms with van der Waals surface area (Å²) in [5, 5.41) is 13.8. The molecule has 1 aliphatic heterocycles. The van der Waals surface area contributed by atoms with E-state index in [0.29, 0.717) is 31.0 Å². The topological polar surface area (TPSA) is 149 Å². The van der Waals surface area contributed by atoms with Crippen molar-refractivity contribution in [2.24, 2.45) is 7.05 Å². The Hall–Kier alpha value is -4.65. The van der Waals surface area contributed by atoms with Gasteiger partial charge in [-0.15, -0.1) is 0 Å². The molecule has 2 N–H and O–H groups in total. The zero-order valence-corrected chi connectivity index (χ0v) is 24.6. The fraction of sp³-hybridized carbons (Fsp3) is 0.310. The van der Waals surface area contributed by atoms with Crippen LogP contribution in [0.3, 0.4) is 0 Å². The SMILES string of the molecule is COc1cc(CC(=O)N2CCC(Oc3cc(-c4c(C)cccc4C)nc(NS(=O)(=O)c4cnn(C)c4)n3)C2)ccc1O. The third-order valence-corrected chi connectivity index (χ3v) is 8.32. The van der Waals surface area contributed by atoms with Crippen molar-refractivity contribution in [3.63, 3.8) is 0 Å². The minimum atomic E-state index is -4.00. The minimum Gasteiger partial charge on any atom is -0.504 e. The lowest BCUT2D eigenvalue weighted by Crippen LogP contribution is -2.32. The number of phenols is 1. The number of sulfonamides is 1. The number of likely N-dealkylation sites (tertiary alicyclic amines) is 1. The smallest absolute Gasteiger partial charge is 0.267 e. The number of aromatic hydroxyl groups is 1. The highest BCUT2D eigenvalue weighted by Crippen LogP contribution is 2.31. The Balaban J connectivity index is 1.37. The van der Waals surface area contributed by atoms with E-state index in [1.54, 1.807) is 30.1 Å². The van der Waals surface area contributed by atoms with E-state index in [1.165, 1.54) is 30.3 Å². The fourth-order valence-electron chi connectivity index (χ4n) is 4.93. The number of carbonyl (C=O) groups excluding carboxylic acids is 1. The third kappa shape index (κ3) is 6.30. The van der Waals surface area contributed by atoms with Gasteiger partial charge in [-0.2, -0.15) is 10.1 Å². The number of amides is 1. The van der Waals surface area contributed by atoms with Crippen LogP contribution in [0.2, 0.25) is 0 Å². The number of ether oxygens (including phenoxy) is 2. The number of methoxy groups -OCH3 is 1. The van der Waals surface area contributed by atoms with Gasteiger partial charge in [0.15, 0.2) is 11.5 Å². The highest BCUT2D eigenvalue weighted by molar-refractivity contribution is 7.92. The van der Waals surface area contributed by atoms with Crippen molar-refractivity contribution in [3.05, 3.63) is 71.5 Å². The number of nitrogens with zero attached hydrogens (tertiary/aromatic N) is 5. The molecule has 0 spiro atoms. The molecule has 1 aliphatic rings. The Morgan fingerprint density at radius 1 is 1.14 bits per heavy atom. The van der Waals surface area contributed by atoms with Gasteiger partial charge >= 0.3 is 0 Å². The lowest BCUT2D eigenvalue weighted by molar-refractivity contribution is -0.129. The lowest BCUT2D eigenvalue weighted by atomic mass is 10.00. The molecule has 13 heteroatoms. The first kappa shape index (κ1) is 28.9. The van der Waals surface area contributed by atoms with Crippen LogP contribution in [0.1, 0.15) is 23.1 Å². The molecule has 2 aromatic heterocycles. The summed E-state index contributed by atoms with van der Waals surface area (Å²) in [6.07, 6.45) is 2.99. The van der Waals surface area contributed by atoms with Crippen LogP contribution in [0.5, 0.6) is 17.4 Å². The molecule has 1 fully saturated rings. The van der Waals surface area contributed by atoms with E-state index in [-0.39, 0.29) is 40.9 Å². The minimum absolute atomic E-state index is 0.00976. The van der Waals surface area contributed by atoms with Gasteiger partial charge in [-0.25, -0.2) is 18.1 Å². The summed E-state index contributed by atoms with van der Waals surface area (Å²) in [5.74, 6) is 0.282. The molecule has 12 nitrogen and oxygen atoms in total. The van der Waals surface area contributed by atoms with Crippen molar-refractivity contribution < 1.29 is 27.8 Å². The maximum atomic E-state index is 13.0. The Kier molecular flexibility index (Phi) is 8.03. The number of hydrogen-bond acceptors (Lipinski definition) is 9. The van der Waals surface area contributed by atoms with E-state index in [0.717, 1.165) is 22.3 Å². The van der Waals surface area contributed by atoms with E-state index >= 15 is 0 Å². The third-order valence-electron chi connectivity index (χ3n) is 7.04. The second-order valence-corrected chi connectivity index (χ2v) is 11.9. The zero-order valence-electron chi connectivity index (χ0n) is 23.7. The fourth-order valence-corrected chi connectivity index (χ4v) is 5.86. The molecule has 3 heterocycles. The standard InChI is InChI=1S/C29H32N6O6S/c1-18-6-5-7-19(2)28(18)23-14-26(32-29(31-23)33-42(38,39)22-15-30-34(3)17-22)41-21-10-11-35(16-21)27(37)13-20-8-9-24(36)25(12-20)40-4/h5-9,12,14-15,17,21,36H,10-11,13,16H2,1-4H3,(H,31,32,33). The molecule has 220 valence electrons. The van der Waals surface area contributed by atoms with Crippen LogP contribution < -0.4 is 14.2 Å².